The van der Waals surface area contributed by atoms with E-state index in [1.54, 1.807) is 4.68 Å². The molecule has 8 nitrogen and oxygen atoms in total. The van der Waals surface area contributed by atoms with Crippen LogP contribution in [-0.4, -0.2) is 24.8 Å². The van der Waals surface area contributed by atoms with E-state index in [9.17, 15) is 19.1 Å². The van der Waals surface area contributed by atoms with E-state index in [1.807, 2.05) is 20.8 Å². The van der Waals surface area contributed by atoms with Gasteiger partial charge >= 0.3 is 0 Å². The topological polar surface area (TPSA) is 107 Å². The zero-order valence-electron chi connectivity index (χ0n) is 14.4. The highest BCUT2D eigenvalue weighted by atomic mass is 35.5. The minimum Gasteiger partial charge on any atom is -0.306 e. The Labute approximate surface area is 157 Å². The number of halogens is 1. The Balaban J connectivity index is 1.99. The number of nitrogens with one attached hydrogen (secondary N) is 1. The molecule has 26 heavy (non-hydrogen) atoms. The summed E-state index contributed by atoms with van der Waals surface area (Å²) in [7, 11) is -1.04. The number of hydrogen-bond donors (Lipinski definition) is 1. The van der Waals surface area contributed by atoms with Crippen LogP contribution in [-0.2, 0) is 27.8 Å². The lowest BCUT2D eigenvalue weighted by Crippen LogP contribution is -2.27. The maximum absolute atomic E-state index is 12.7. The Bertz CT molecular complexity index is 948. The van der Waals surface area contributed by atoms with Crippen molar-refractivity contribution in [2.45, 2.75) is 37.8 Å². The average Bonchev–Trinajstić information content (AvgIpc) is 3.04. The van der Waals surface area contributed by atoms with E-state index in [-0.39, 0.29) is 16.3 Å². The van der Waals surface area contributed by atoms with E-state index >= 15 is 0 Å². The van der Waals surface area contributed by atoms with Gasteiger partial charge in [0.15, 0.2) is 0 Å². The number of carbonyl (C=O) groups is 1. The summed E-state index contributed by atoms with van der Waals surface area (Å²) in [6.45, 7) is 5.82. The first-order valence-corrected chi connectivity index (χ1v) is 9.66. The highest BCUT2D eigenvalue weighted by Crippen LogP contribution is 2.33. The van der Waals surface area contributed by atoms with Gasteiger partial charge < -0.3 is 5.32 Å². The first kappa shape index (κ1) is 18.5. The third-order valence-electron chi connectivity index (χ3n) is 3.94. The van der Waals surface area contributed by atoms with Gasteiger partial charge in [-0.1, -0.05) is 11.6 Å². The Hall–Kier alpha value is -2.26. The number of rotatable bonds is 3. The maximum Gasteiger partial charge on any atom is 0.288 e. The van der Waals surface area contributed by atoms with Crippen molar-refractivity contribution in [2.75, 3.05) is 5.32 Å². The predicted molar refractivity (Wildman–Crippen MR) is 98.8 cm³/mol. The summed E-state index contributed by atoms with van der Waals surface area (Å²) in [5.41, 5.74) is 0.816. The lowest BCUT2D eigenvalue weighted by Gasteiger charge is -2.23. The zero-order chi connectivity index (χ0) is 19.2. The Morgan fingerprint density at radius 3 is 2.69 bits per heavy atom. The van der Waals surface area contributed by atoms with Gasteiger partial charge in [-0.15, -0.1) is 0 Å². The molecule has 2 aromatic rings. The fourth-order valence-electron chi connectivity index (χ4n) is 2.72. The number of fused-ring (bicyclic) bond motifs is 1. The van der Waals surface area contributed by atoms with Crippen LogP contribution < -0.4 is 5.32 Å². The molecule has 2 heterocycles. The van der Waals surface area contributed by atoms with Gasteiger partial charge in [-0.2, -0.15) is 5.10 Å². The third kappa shape index (κ3) is 3.36. The molecule has 138 valence electrons. The summed E-state index contributed by atoms with van der Waals surface area (Å²) in [4.78, 5) is 23.1. The molecule has 0 radical (unpaired) electrons. The number of nitrogens with zero attached hydrogens (tertiary/aromatic N) is 3. The molecular formula is C16H17ClN4O4S. The van der Waals surface area contributed by atoms with Crippen LogP contribution in [0.3, 0.4) is 0 Å². The zero-order valence-corrected chi connectivity index (χ0v) is 16.0. The summed E-state index contributed by atoms with van der Waals surface area (Å²) < 4.78 is 13.5. The highest BCUT2D eigenvalue weighted by Gasteiger charge is 2.31. The van der Waals surface area contributed by atoms with Crippen molar-refractivity contribution in [2.24, 2.45) is 0 Å². The quantitative estimate of drug-likeness (QED) is 0.633. The molecule has 0 spiro atoms. The summed E-state index contributed by atoms with van der Waals surface area (Å²) in [6, 6.07) is 3.86. The molecule has 0 fully saturated rings. The maximum atomic E-state index is 12.7. The van der Waals surface area contributed by atoms with E-state index < -0.39 is 27.2 Å². The van der Waals surface area contributed by atoms with Gasteiger partial charge in [0.25, 0.3) is 11.6 Å². The molecule has 1 atom stereocenters. The molecule has 0 unspecified atom stereocenters. The van der Waals surface area contributed by atoms with Gasteiger partial charge in [0.2, 0.25) is 0 Å². The SMILES string of the molecule is CC(C)(C)n1nc2c(c1NC(=O)c1ccc(Cl)c([N+](=O)[O-])c1)C[S@@](=O)C2. The van der Waals surface area contributed by atoms with Gasteiger partial charge in [-0.05, 0) is 32.9 Å². The summed E-state index contributed by atoms with van der Waals surface area (Å²) in [5.74, 6) is 0.631. The molecule has 1 amide bonds. The minimum absolute atomic E-state index is 0.0393. The summed E-state index contributed by atoms with van der Waals surface area (Å²) in [6.07, 6.45) is 0. The monoisotopic (exact) mass is 396 g/mol. The minimum atomic E-state index is -1.04. The Morgan fingerprint density at radius 2 is 2.08 bits per heavy atom. The molecule has 0 aliphatic carbocycles. The van der Waals surface area contributed by atoms with Gasteiger partial charge in [-0.3, -0.25) is 19.1 Å². The van der Waals surface area contributed by atoms with Gasteiger partial charge in [0, 0.05) is 28.0 Å². The Kier molecular flexibility index (Phi) is 4.61. The van der Waals surface area contributed by atoms with Crippen molar-refractivity contribution in [3.8, 4) is 0 Å². The molecule has 0 bridgehead atoms. The Morgan fingerprint density at radius 1 is 1.38 bits per heavy atom. The van der Waals surface area contributed by atoms with Crippen molar-refractivity contribution in [1.82, 2.24) is 9.78 Å². The van der Waals surface area contributed by atoms with Crippen LogP contribution in [0.25, 0.3) is 0 Å². The number of benzene rings is 1. The molecule has 1 N–H and O–H groups in total. The molecule has 0 saturated carbocycles. The van der Waals surface area contributed by atoms with Crippen molar-refractivity contribution in [3.63, 3.8) is 0 Å². The second-order valence-corrected chi connectivity index (χ2v) is 8.83. The number of anilines is 1. The first-order chi connectivity index (χ1) is 12.1. The molecule has 0 saturated heterocycles. The van der Waals surface area contributed by atoms with Crippen molar-refractivity contribution >= 4 is 39.8 Å². The molecule has 3 rings (SSSR count). The number of nitro benzene ring substituents is 1. The number of hydrogen-bond acceptors (Lipinski definition) is 5. The van der Waals surface area contributed by atoms with Crippen molar-refractivity contribution in [1.29, 1.82) is 0 Å². The van der Waals surface area contributed by atoms with Crippen molar-refractivity contribution < 1.29 is 13.9 Å². The average molecular weight is 397 g/mol. The molecule has 10 heteroatoms. The molecular weight excluding hydrogens is 380 g/mol. The smallest absolute Gasteiger partial charge is 0.288 e. The fourth-order valence-corrected chi connectivity index (χ4v) is 4.17. The number of carbonyl (C=O) groups excluding carboxylic acids is 1. The van der Waals surface area contributed by atoms with Crippen LogP contribution in [0.4, 0.5) is 11.5 Å². The molecule has 1 aromatic carbocycles. The lowest BCUT2D eigenvalue weighted by molar-refractivity contribution is -0.384. The van der Waals surface area contributed by atoms with Crippen LogP contribution in [0.15, 0.2) is 18.2 Å². The number of aromatic nitrogens is 2. The highest BCUT2D eigenvalue weighted by molar-refractivity contribution is 7.83. The van der Waals surface area contributed by atoms with E-state index in [4.69, 9.17) is 11.6 Å². The molecule has 1 aliphatic rings. The van der Waals surface area contributed by atoms with Crippen LogP contribution in [0, 0.1) is 10.1 Å². The second-order valence-electron chi connectivity index (χ2n) is 6.96. The van der Waals surface area contributed by atoms with E-state index in [0.717, 1.165) is 11.6 Å². The first-order valence-electron chi connectivity index (χ1n) is 7.79. The summed E-state index contributed by atoms with van der Waals surface area (Å²) >= 11 is 5.80. The van der Waals surface area contributed by atoms with Crippen LogP contribution in [0.1, 0.15) is 42.4 Å². The van der Waals surface area contributed by atoms with Crippen LogP contribution in [0.5, 0.6) is 0 Å². The normalized spacial score (nSPS) is 16.4. The third-order valence-corrected chi connectivity index (χ3v) is 5.47. The number of amides is 1. The standard InChI is InChI=1S/C16H17ClN4O4S/c1-16(2,3)20-14(10-7-26(25)8-12(10)19-20)18-15(22)9-4-5-11(17)13(6-9)21(23)24/h4-6H,7-8H2,1-3H3,(H,18,22)/t26-/m1/s1. The predicted octanol–water partition coefficient (Wildman–Crippen LogP) is 3.21. The number of nitro groups is 1. The summed E-state index contributed by atoms with van der Waals surface area (Å²) in [5, 5.41) is 18.3. The van der Waals surface area contributed by atoms with Gasteiger partial charge in [-0.25, -0.2) is 4.68 Å². The van der Waals surface area contributed by atoms with E-state index in [1.165, 1.54) is 12.1 Å². The van der Waals surface area contributed by atoms with Crippen LogP contribution >= 0.6 is 11.6 Å². The van der Waals surface area contributed by atoms with Gasteiger partial charge in [0.05, 0.1) is 27.7 Å². The fraction of sp³-hybridized carbons (Fsp3) is 0.375. The van der Waals surface area contributed by atoms with E-state index in [2.05, 4.69) is 10.4 Å². The largest absolute Gasteiger partial charge is 0.306 e. The van der Waals surface area contributed by atoms with Crippen molar-refractivity contribution in [3.05, 3.63) is 50.2 Å². The van der Waals surface area contributed by atoms with Crippen LogP contribution in [0.2, 0.25) is 5.02 Å². The van der Waals surface area contributed by atoms with E-state index in [0.29, 0.717) is 23.0 Å². The second kappa shape index (κ2) is 6.48. The van der Waals surface area contributed by atoms with Gasteiger partial charge in [0.1, 0.15) is 10.8 Å². The molecule has 1 aliphatic heterocycles. The lowest BCUT2D eigenvalue weighted by atomic mass is 10.1. The molecule has 1 aromatic heterocycles.